The van der Waals surface area contributed by atoms with Gasteiger partial charge < -0.3 is 29.6 Å². The van der Waals surface area contributed by atoms with Gasteiger partial charge in [0.2, 0.25) is 11.8 Å². The molecule has 0 bridgehead atoms. The van der Waals surface area contributed by atoms with Crippen molar-refractivity contribution < 1.29 is 37.5 Å². The predicted molar refractivity (Wildman–Crippen MR) is 117 cm³/mol. The minimum Gasteiger partial charge on any atom is -0.461 e. The molecule has 0 rings (SSSR count). The van der Waals surface area contributed by atoms with E-state index in [-0.39, 0.29) is 51.4 Å². The number of amides is 2. The summed E-state index contributed by atoms with van der Waals surface area (Å²) in [4.78, 5) is 37.6. The first-order chi connectivity index (χ1) is 15.6. The first kappa shape index (κ1) is 32.2. The van der Waals surface area contributed by atoms with Crippen LogP contribution in [0.25, 0.3) is 10.4 Å². The molecule has 0 aliphatic heterocycles. The number of nitrogens with two attached hydrogens (primary N) is 1. The third-order valence-electron chi connectivity index (χ3n) is 3.63. The van der Waals surface area contributed by atoms with Gasteiger partial charge in [-0.25, -0.2) is 0 Å². The fourth-order valence-electron chi connectivity index (χ4n) is 1.99. The van der Waals surface area contributed by atoms with E-state index in [1.807, 2.05) is 0 Å². The number of nitrogens with zero attached hydrogens (tertiary/aromatic N) is 4. The molecule has 0 spiro atoms. The highest BCUT2D eigenvalue weighted by atomic mass is 31.2. The number of nitriles is 1. The number of nitrogens with one attached hydrogen (secondary N) is 1. The summed E-state index contributed by atoms with van der Waals surface area (Å²) in [6.45, 7) is 4.96. The predicted octanol–water partition coefficient (Wildman–Crippen LogP) is 2.12. The van der Waals surface area contributed by atoms with Crippen LogP contribution in [0.1, 0.15) is 32.6 Å². The Hall–Kier alpha value is -2.94. The van der Waals surface area contributed by atoms with Crippen LogP contribution in [0.4, 0.5) is 0 Å². The zero-order valence-electron chi connectivity index (χ0n) is 19.0. The zero-order valence-corrected chi connectivity index (χ0v) is 19.9. The Morgan fingerprint density at radius 3 is 2.55 bits per heavy atom. The Morgan fingerprint density at radius 1 is 1.39 bits per heavy atom. The van der Waals surface area contributed by atoms with Crippen molar-refractivity contribution >= 4 is 25.5 Å². The molecule has 33 heavy (non-hydrogen) atoms. The van der Waals surface area contributed by atoms with E-state index >= 15 is 0 Å². The van der Waals surface area contributed by atoms with E-state index in [1.54, 1.807) is 6.07 Å². The molecule has 3 atom stereocenters. The number of hydrogen-bond donors (Lipinski definition) is 2. The van der Waals surface area contributed by atoms with Crippen molar-refractivity contribution in [3.05, 3.63) is 23.1 Å². The molecule has 14 nitrogen and oxygen atoms in total. The normalized spacial score (nSPS) is 13.4. The highest BCUT2D eigenvalue weighted by Gasteiger charge is 2.31. The van der Waals surface area contributed by atoms with Gasteiger partial charge in [-0.2, -0.15) is 5.26 Å². The smallest absolute Gasteiger partial charge is 0.420 e. The number of carbonyl (C=O) groups is 3. The molecule has 0 heterocycles. The number of ether oxygens (including phenoxy) is 2. The second kappa shape index (κ2) is 19.7. The van der Waals surface area contributed by atoms with E-state index < -0.39 is 31.6 Å². The Bertz CT molecular complexity index is 766. The summed E-state index contributed by atoms with van der Waals surface area (Å²) in [6.07, 6.45) is 0.850. The Labute approximate surface area is 192 Å². The molecule has 186 valence electrons. The lowest BCUT2D eigenvalue weighted by Crippen LogP contribution is -2.27. The van der Waals surface area contributed by atoms with Crippen LogP contribution < -0.4 is 11.1 Å². The fraction of sp³-hybridized carbons (Fsp3) is 0.667. The van der Waals surface area contributed by atoms with Crippen LogP contribution in [-0.4, -0.2) is 57.9 Å². The molecule has 0 saturated heterocycles. The maximum atomic E-state index is 12.3. The summed E-state index contributed by atoms with van der Waals surface area (Å²) < 4.78 is 32.4. The van der Waals surface area contributed by atoms with Crippen molar-refractivity contribution in [2.24, 2.45) is 16.5 Å². The second-order valence-electron chi connectivity index (χ2n) is 6.23. The van der Waals surface area contributed by atoms with Crippen molar-refractivity contribution in [2.45, 2.75) is 38.7 Å². The Morgan fingerprint density at radius 2 is 2.06 bits per heavy atom. The lowest BCUT2D eigenvalue weighted by atomic mass is 10.0. The maximum absolute atomic E-state index is 12.3. The van der Waals surface area contributed by atoms with E-state index in [0.29, 0.717) is 0 Å². The molecule has 0 aliphatic carbocycles. The molecule has 0 radical (unpaired) electrons. The largest absolute Gasteiger partial charge is 0.461 e. The molecule has 0 aliphatic rings. The highest BCUT2D eigenvalue weighted by molar-refractivity contribution is 7.52. The third-order valence-corrected chi connectivity index (χ3v) is 5.04. The summed E-state index contributed by atoms with van der Waals surface area (Å²) in [5.41, 5.74) is 13.3. The molecule has 0 aromatic heterocycles. The van der Waals surface area contributed by atoms with Crippen LogP contribution in [0, 0.1) is 17.2 Å². The third kappa shape index (κ3) is 18.3. The number of esters is 1. The molecule has 0 fully saturated rings. The van der Waals surface area contributed by atoms with Gasteiger partial charge in [0.15, 0.2) is 0 Å². The monoisotopic (exact) mass is 490 g/mol. The molecule has 1 unspecified atom stereocenters. The summed E-state index contributed by atoms with van der Waals surface area (Å²) in [5, 5.41) is 10.8. The molecular weight excluding hydrogens is 459 g/mol. The average molecular weight is 490 g/mol. The lowest BCUT2D eigenvalue weighted by Gasteiger charge is -2.25. The summed E-state index contributed by atoms with van der Waals surface area (Å²) in [6, 6.07) is 1.80. The van der Waals surface area contributed by atoms with Gasteiger partial charge in [-0.1, -0.05) is 12.7 Å². The number of primary amides is 1. The van der Waals surface area contributed by atoms with Gasteiger partial charge in [0, 0.05) is 42.7 Å². The molecule has 3 N–H and O–H groups in total. The summed E-state index contributed by atoms with van der Waals surface area (Å²) in [5.74, 6) is -1.61. The van der Waals surface area contributed by atoms with E-state index in [2.05, 4.69) is 21.7 Å². The van der Waals surface area contributed by atoms with E-state index in [9.17, 15) is 18.9 Å². The molecule has 15 heteroatoms. The van der Waals surface area contributed by atoms with Crippen LogP contribution in [0.3, 0.4) is 0 Å². The van der Waals surface area contributed by atoms with Gasteiger partial charge in [0.25, 0.3) is 0 Å². The van der Waals surface area contributed by atoms with Crippen LogP contribution >= 0.6 is 7.75 Å². The van der Waals surface area contributed by atoms with Gasteiger partial charge in [0.1, 0.15) is 6.61 Å². The number of rotatable bonds is 16. The molecule has 2 amide bonds. The van der Waals surface area contributed by atoms with Crippen LogP contribution in [0.2, 0.25) is 0 Å². The van der Waals surface area contributed by atoms with Crippen LogP contribution in [-0.2, 0) is 37.5 Å². The van der Waals surface area contributed by atoms with Crippen molar-refractivity contribution in [3.8, 4) is 6.07 Å². The van der Waals surface area contributed by atoms with Gasteiger partial charge >= 0.3 is 13.7 Å². The number of carbonyl (C=O) groups excluding carboxylic acids is 3. The van der Waals surface area contributed by atoms with Gasteiger partial charge in [-0.3, -0.25) is 18.9 Å². The van der Waals surface area contributed by atoms with E-state index in [1.165, 1.54) is 27.2 Å². The Kier molecular flexibility index (Phi) is 19.3. The highest BCUT2D eigenvalue weighted by Crippen LogP contribution is 2.52. The van der Waals surface area contributed by atoms with E-state index in [4.69, 9.17) is 35.0 Å². The quantitative estimate of drug-likeness (QED) is 0.0615. The maximum Gasteiger partial charge on any atom is 0.420 e. The van der Waals surface area contributed by atoms with E-state index in [0.717, 1.165) is 0 Å². The fourth-order valence-corrected chi connectivity index (χ4v) is 3.16. The van der Waals surface area contributed by atoms with Crippen LogP contribution in [0.15, 0.2) is 17.5 Å². The van der Waals surface area contributed by atoms with Gasteiger partial charge in [-0.15, -0.1) is 0 Å². The number of hydrogen-bond acceptors (Lipinski definition) is 9. The SMILES string of the molecule is C=CCOC(=O)C[C@@H](COC)[C@H](C)OP(=O)(N=[N+]=[N-])OCCC#N.CNC(=O)CCC(N)=O. The first-order valence-electron chi connectivity index (χ1n) is 9.69. The average Bonchev–Trinajstić information content (AvgIpc) is 2.76. The standard InChI is InChI=1S/C13H21N4O6P.C5H10N2O2/c1-4-7-21-13(18)9-12(10-20-3)11(2)23-24(19,17-16-15)22-8-5-6-14;1-7-5(9)3-2-4(6)8/h4,11-12H,1,5,7-10H2,2-3H3;2-3H2,1H3,(H2,6,8)(H,7,9)/t11-,12-,24?;/m0./s1. The summed E-state index contributed by atoms with van der Waals surface area (Å²) in [7, 11) is -1.16. The molecule has 0 saturated carbocycles. The van der Waals surface area contributed by atoms with Crippen molar-refractivity contribution in [3.63, 3.8) is 0 Å². The van der Waals surface area contributed by atoms with Gasteiger partial charge in [0.05, 0.1) is 38.2 Å². The molecular formula is C18H31N6O8P. The topological polar surface area (TPSA) is 216 Å². The minimum absolute atomic E-state index is 0.0436. The number of azide groups is 1. The zero-order chi connectivity index (χ0) is 25.7. The first-order valence-corrected chi connectivity index (χ1v) is 11.2. The Balaban J connectivity index is 0. The van der Waals surface area contributed by atoms with Crippen molar-refractivity contribution in [2.75, 3.05) is 34.0 Å². The van der Waals surface area contributed by atoms with Crippen molar-refractivity contribution in [1.29, 1.82) is 5.26 Å². The second-order valence-corrected chi connectivity index (χ2v) is 7.82. The lowest BCUT2D eigenvalue weighted by molar-refractivity contribution is -0.145. The molecule has 0 aromatic carbocycles. The van der Waals surface area contributed by atoms with Crippen LogP contribution in [0.5, 0.6) is 0 Å². The minimum atomic E-state index is -4.11. The number of methoxy groups -OCH3 is 1. The van der Waals surface area contributed by atoms with Crippen molar-refractivity contribution in [1.82, 2.24) is 5.32 Å². The summed E-state index contributed by atoms with van der Waals surface area (Å²) >= 11 is 0. The molecule has 0 aromatic rings. The van der Waals surface area contributed by atoms with Gasteiger partial charge in [-0.05, 0) is 12.5 Å².